The van der Waals surface area contributed by atoms with Crippen LogP contribution < -0.4 is 0 Å². The maximum Gasteiger partial charge on any atom is 0.0146 e. The highest BCUT2D eigenvalue weighted by Gasteiger charge is 2.23. The van der Waals surface area contributed by atoms with E-state index in [9.17, 15) is 0 Å². The third kappa shape index (κ3) is 4.41. The molecular formula is C30H30N-. The van der Waals surface area contributed by atoms with Gasteiger partial charge in [-0.15, -0.1) is 11.4 Å². The van der Waals surface area contributed by atoms with E-state index in [1.54, 1.807) is 0 Å². The fourth-order valence-corrected chi connectivity index (χ4v) is 4.10. The minimum absolute atomic E-state index is 0.0372. The molecule has 156 valence electrons. The van der Waals surface area contributed by atoms with Crippen molar-refractivity contribution in [2.45, 2.75) is 38.5 Å². The minimum Gasteiger partial charge on any atom is -0.658 e. The molecule has 4 aromatic carbocycles. The van der Waals surface area contributed by atoms with Gasteiger partial charge in [0.25, 0.3) is 0 Å². The van der Waals surface area contributed by atoms with Crippen LogP contribution in [0.2, 0.25) is 0 Å². The molecule has 4 rings (SSSR count). The Morgan fingerprint density at radius 3 is 1.00 bits per heavy atom. The molecule has 0 heterocycles. The van der Waals surface area contributed by atoms with Crippen molar-refractivity contribution < 1.29 is 0 Å². The predicted molar refractivity (Wildman–Crippen MR) is 133 cm³/mol. The van der Waals surface area contributed by atoms with Crippen LogP contribution in [0.3, 0.4) is 0 Å². The van der Waals surface area contributed by atoms with Crippen molar-refractivity contribution in [2.75, 3.05) is 0 Å². The summed E-state index contributed by atoms with van der Waals surface area (Å²) in [6.45, 7) is 9.06. The summed E-state index contributed by atoms with van der Waals surface area (Å²) in [7, 11) is 0. The highest BCUT2D eigenvalue weighted by atomic mass is 14.9. The van der Waals surface area contributed by atoms with Crippen LogP contribution in [0.25, 0.3) is 5.32 Å². The van der Waals surface area contributed by atoms with E-state index >= 15 is 0 Å². The van der Waals surface area contributed by atoms with Crippen LogP contribution in [0.15, 0.2) is 109 Å². The molecule has 0 saturated carbocycles. The minimum atomic E-state index is -0.0372. The Balaban J connectivity index is 1.49. The predicted octanol–water partition coefficient (Wildman–Crippen LogP) is 8.68. The van der Waals surface area contributed by atoms with Crippen LogP contribution in [-0.4, -0.2) is 0 Å². The van der Waals surface area contributed by atoms with Gasteiger partial charge in [-0.25, -0.2) is 0 Å². The lowest BCUT2D eigenvalue weighted by Crippen LogP contribution is -2.18. The lowest BCUT2D eigenvalue weighted by atomic mass is 9.78. The first-order valence-corrected chi connectivity index (χ1v) is 10.9. The smallest absolute Gasteiger partial charge is 0.0146 e. The molecule has 0 unspecified atom stereocenters. The summed E-state index contributed by atoms with van der Waals surface area (Å²) in [5.74, 6) is 0. The molecule has 0 aromatic heterocycles. The van der Waals surface area contributed by atoms with Gasteiger partial charge in [-0.05, 0) is 22.3 Å². The summed E-state index contributed by atoms with van der Waals surface area (Å²) < 4.78 is 0. The van der Waals surface area contributed by atoms with Crippen molar-refractivity contribution in [3.63, 3.8) is 0 Å². The molecular weight excluding hydrogens is 374 g/mol. The standard InChI is InChI=1S/C30H30N/c1-29(2,23-11-7-5-8-12-23)25-15-19-27(20-16-25)31-28-21-17-26(18-22-28)30(3,4)24-13-9-6-10-14-24/h5-22H,1-4H3/q-1. The summed E-state index contributed by atoms with van der Waals surface area (Å²) in [4.78, 5) is 0. The maximum absolute atomic E-state index is 4.83. The molecule has 0 aliphatic rings. The number of benzene rings is 4. The average molecular weight is 405 g/mol. The molecule has 0 aliphatic carbocycles. The highest BCUT2D eigenvalue weighted by molar-refractivity contribution is 5.67. The third-order valence-electron chi connectivity index (χ3n) is 6.43. The molecule has 4 aromatic rings. The van der Waals surface area contributed by atoms with Gasteiger partial charge in [0.15, 0.2) is 0 Å². The van der Waals surface area contributed by atoms with Gasteiger partial charge in [0, 0.05) is 10.8 Å². The van der Waals surface area contributed by atoms with Gasteiger partial charge in [-0.2, -0.15) is 0 Å². The molecule has 0 atom stereocenters. The van der Waals surface area contributed by atoms with Crippen molar-refractivity contribution >= 4 is 11.4 Å². The van der Waals surface area contributed by atoms with Gasteiger partial charge in [-0.3, -0.25) is 0 Å². The molecule has 0 amide bonds. The Morgan fingerprint density at radius 1 is 0.387 bits per heavy atom. The van der Waals surface area contributed by atoms with Gasteiger partial charge in [-0.1, -0.05) is 137 Å². The second-order valence-corrected chi connectivity index (χ2v) is 9.19. The Morgan fingerprint density at radius 2 is 0.677 bits per heavy atom. The molecule has 0 saturated heterocycles. The molecule has 0 N–H and O–H groups in total. The first kappa shape index (κ1) is 20.9. The maximum atomic E-state index is 4.83. The van der Waals surface area contributed by atoms with Gasteiger partial charge in [0.1, 0.15) is 0 Å². The van der Waals surface area contributed by atoms with Crippen LogP contribution in [0.4, 0.5) is 11.4 Å². The van der Waals surface area contributed by atoms with E-state index in [0.717, 1.165) is 11.4 Å². The fraction of sp³-hybridized carbons (Fsp3) is 0.200. The van der Waals surface area contributed by atoms with Gasteiger partial charge in [0.05, 0.1) is 0 Å². The van der Waals surface area contributed by atoms with Crippen LogP contribution in [0, 0.1) is 0 Å². The molecule has 1 heteroatoms. The van der Waals surface area contributed by atoms with Crippen molar-refractivity contribution in [3.8, 4) is 0 Å². The molecule has 0 spiro atoms. The summed E-state index contributed by atoms with van der Waals surface area (Å²) in [6, 6.07) is 38.5. The number of hydrogen-bond donors (Lipinski definition) is 0. The number of rotatable bonds is 6. The first-order chi connectivity index (χ1) is 14.9. The molecule has 0 bridgehead atoms. The zero-order valence-corrected chi connectivity index (χ0v) is 18.8. The first-order valence-electron chi connectivity index (χ1n) is 10.9. The van der Waals surface area contributed by atoms with E-state index in [1.807, 2.05) is 0 Å². The lowest BCUT2D eigenvalue weighted by Gasteiger charge is -2.29. The zero-order chi connectivity index (χ0) is 21.9. The third-order valence-corrected chi connectivity index (χ3v) is 6.43. The number of nitrogens with zero attached hydrogens (tertiary/aromatic N) is 1. The van der Waals surface area contributed by atoms with E-state index in [2.05, 4.69) is 137 Å². The van der Waals surface area contributed by atoms with Gasteiger partial charge < -0.3 is 5.32 Å². The fourth-order valence-electron chi connectivity index (χ4n) is 4.10. The van der Waals surface area contributed by atoms with Crippen LogP contribution in [-0.2, 0) is 10.8 Å². The van der Waals surface area contributed by atoms with E-state index in [-0.39, 0.29) is 10.8 Å². The Bertz CT molecular complexity index is 1010. The van der Waals surface area contributed by atoms with Crippen LogP contribution in [0.5, 0.6) is 0 Å². The molecule has 0 radical (unpaired) electrons. The van der Waals surface area contributed by atoms with Crippen LogP contribution >= 0.6 is 0 Å². The van der Waals surface area contributed by atoms with Gasteiger partial charge >= 0.3 is 0 Å². The van der Waals surface area contributed by atoms with Crippen molar-refractivity contribution in [1.82, 2.24) is 0 Å². The summed E-state index contributed by atoms with van der Waals surface area (Å²) >= 11 is 0. The van der Waals surface area contributed by atoms with E-state index in [4.69, 9.17) is 5.32 Å². The van der Waals surface area contributed by atoms with E-state index in [0.29, 0.717) is 0 Å². The second kappa shape index (κ2) is 8.43. The van der Waals surface area contributed by atoms with Crippen LogP contribution in [0.1, 0.15) is 49.9 Å². The number of hydrogen-bond acceptors (Lipinski definition) is 0. The summed E-state index contributed by atoms with van der Waals surface area (Å²) in [5.41, 5.74) is 7.09. The monoisotopic (exact) mass is 404 g/mol. The molecule has 0 aliphatic heterocycles. The quantitative estimate of drug-likeness (QED) is 0.305. The van der Waals surface area contributed by atoms with Crippen molar-refractivity contribution in [3.05, 3.63) is 137 Å². The topological polar surface area (TPSA) is 14.1 Å². The van der Waals surface area contributed by atoms with Crippen molar-refractivity contribution in [2.24, 2.45) is 0 Å². The Kier molecular flexibility index (Phi) is 5.69. The van der Waals surface area contributed by atoms with Crippen molar-refractivity contribution in [1.29, 1.82) is 0 Å². The molecule has 31 heavy (non-hydrogen) atoms. The highest BCUT2D eigenvalue weighted by Crippen LogP contribution is 2.37. The lowest BCUT2D eigenvalue weighted by molar-refractivity contribution is 0.641. The Labute approximate surface area is 186 Å². The molecule has 0 fully saturated rings. The summed E-state index contributed by atoms with van der Waals surface area (Å²) in [5, 5.41) is 4.83. The van der Waals surface area contributed by atoms with Gasteiger partial charge in [0.2, 0.25) is 0 Å². The zero-order valence-electron chi connectivity index (χ0n) is 18.8. The SMILES string of the molecule is CC(C)(c1ccccc1)c1ccc([N-]c2ccc(C(C)(C)c3ccccc3)cc2)cc1. The van der Waals surface area contributed by atoms with E-state index < -0.39 is 0 Å². The normalized spacial score (nSPS) is 11.9. The second-order valence-electron chi connectivity index (χ2n) is 9.19. The molecule has 1 nitrogen and oxygen atoms in total. The Hall–Kier alpha value is -3.32. The van der Waals surface area contributed by atoms with E-state index in [1.165, 1.54) is 22.3 Å². The average Bonchev–Trinajstić information content (AvgIpc) is 2.81. The summed E-state index contributed by atoms with van der Waals surface area (Å²) in [6.07, 6.45) is 0. The largest absolute Gasteiger partial charge is 0.658 e.